The summed E-state index contributed by atoms with van der Waals surface area (Å²) in [5.41, 5.74) is 0.766. The first kappa shape index (κ1) is 15.1. The first-order chi connectivity index (χ1) is 10.1. The van der Waals surface area contributed by atoms with E-state index in [-0.39, 0.29) is 0 Å². The molecular formula is C14H16F2N4O. The molecule has 0 aliphatic heterocycles. The van der Waals surface area contributed by atoms with Crippen LogP contribution < -0.4 is 4.90 Å². The van der Waals surface area contributed by atoms with Gasteiger partial charge in [-0.05, 0) is 26.0 Å². The minimum absolute atomic E-state index is 0.305. The molecule has 0 saturated heterocycles. The third-order valence-corrected chi connectivity index (χ3v) is 3.17. The molecule has 5 nitrogen and oxygen atoms in total. The lowest BCUT2D eigenvalue weighted by Gasteiger charge is -2.21. The summed E-state index contributed by atoms with van der Waals surface area (Å²) in [6.45, 7) is 5.12. The van der Waals surface area contributed by atoms with Gasteiger partial charge in [-0.2, -0.15) is 0 Å². The van der Waals surface area contributed by atoms with Gasteiger partial charge in [-0.1, -0.05) is 0 Å². The largest absolute Gasteiger partial charge is 0.357 e. The highest BCUT2D eigenvalue weighted by atomic mass is 19.3. The first-order valence-corrected chi connectivity index (χ1v) is 6.65. The van der Waals surface area contributed by atoms with Crippen molar-refractivity contribution in [3.63, 3.8) is 0 Å². The molecule has 2 heterocycles. The van der Waals surface area contributed by atoms with E-state index >= 15 is 0 Å². The average Bonchev–Trinajstić information content (AvgIpc) is 2.96. The van der Waals surface area contributed by atoms with Gasteiger partial charge in [0.05, 0.1) is 11.4 Å². The summed E-state index contributed by atoms with van der Waals surface area (Å²) in [5, 5.41) is 0. The van der Waals surface area contributed by atoms with Gasteiger partial charge in [0, 0.05) is 25.4 Å². The van der Waals surface area contributed by atoms with Crippen LogP contribution in [0.15, 0.2) is 24.4 Å². The van der Waals surface area contributed by atoms with E-state index in [9.17, 15) is 13.6 Å². The van der Waals surface area contributed by atoms with Gasteiger partial charge in [0.1, 0.15) is 5.82 Å². The number of nitrogens with zero attached hydrogens (tertiary/aromatic N) is 4. The van der Waals surface area contributed by atoms with E-state index in [1.807, 2.05) is 18.7 Å². The summed E-state index contributed by atoms with van der Waals surface area (Å²) in [5.74, 6) is -0.105. The number of alkyl halides is 2. The van der Waals surface area contributed by atoms with Gasteiger partial charge in [-0.3, -0.25) is 9.36 Å². The van der Waals surface area contributed by atoms with Crippen LogP contribution >= 0.6 is 0 Å². The van der Waals surface area contributed by atoms with Crippen molar-refractivity contribution in [1.29, 1.82) is 0 Å². The topological polar surface area (TPSA) is 51.0 Å². The normalized spacial score (nSPS) is 10.9. The zero-order chi connectivity index (χ0) is 15.4. The van der Waals surface area contributed by atoms with Crippen LogP contribution in [-0.4, -0.2) is 34.0 Å². The fraction of sp³-hybridized carbons (Fsp3) is 0.357. The van der Waals surface area contributed by atoms with E-state index < -0.39 is 12.2 Å². The third-order valence-electron chi connectivity index (χ3n) is 3.17. The van der Waals surface area contributed by atoms with Crippen molar-refractivity contribution in [1.82, 2.24) is 14.5 Å². The Morgan fingerprint density at radius 1 is 1.33 bits per heavy atom. The predicted octanol–water partition coefficient (Wildman–Crippen LogP) is 2.77. The van der Waals surface area contributed by atoms with Gasteiger partial charge in [0.15, 0.2) is 5.82 Å². The lowest BCUT2D eigenvalue weighted by molar-refractivity contribution is 0.140. The number of aromatic nitrogens is 3. The molecule has 0 saturated carbocycles. The molecule has 0 unspecified atom stereocenters. The zero-order valence-corrected chi connectivity index (χ0v) is 11.8. The van der Waals surface area contributed by atoms with Crippen molar-refractivity contribution in [2.24, 2.45) is 0 Å². The van der Waals surface area contributed by atoms with Crippen molar-refractivity contribution in [3.05, 3.63) is 30.2 Å². The molecule has 21 heavy (non-hydrogen) atoms. The van der Waals surface area contributed by atoms with Crippen LogP contribution in [0.5, 0.6) is 0 Å². The predicted molar refractivity (Wildman–Crippen MR) is 76.1 cm³/mol. The monoisotopic (exact) mass is 294 g/mol. The quantitative estimate of drug-likeness (QED) is 0.769. The maximum atomic E-state index is 13.0. The van der Waals surface area contributed by atoms with Gasteiger partial charge in [-0.15, -0.1) is 0 Å². The van der Waals surface area contributed by atoms with Crippen molar-refractivity contribution in [3.8, 4) is 11.4 Å². The summed E-state index contributed by atoms with van der Waals surface area (Å²) in [4.78, 5) is 20.6. The molecule has 112 valence electrons. The molecule has 0 N–H and O–H groups in total. The fourth-order valence-electron chi connectivity index (χ4n) is 2.09. The van der Waals surface area contributed by atoms with Gasteiger partial charge < -0.3 is 4.90 Å². The zero-order valence-electron chi connectivity index (χ0n) is 11.8. The molecule has 2 aromatic rings. The number of halogens is 2. The molecule has 2 aromatic heterocycles. The maximum absolute atomic E-state index is 13.0. The summed E-state index contributed by atoms with van der Waals surface area (Å²) in [6, 6.07) is 4.93. The van der Waals surface area contributed by atoms with Crippen LogP contribution in [0.4, 0.5) is 14.6 Å². The Balaban J connectivity index is 2.57. The highest BCUT2D eigenvalue weighted by molar-refractivity contribution is 5.68. The van der Waals surface area contributed by atoms with Crippen LogP contribution in [0.3, 0.4) is 0 Å². The highest BCUT2D eigenvalue weighted by Crippen LogP contribution is 2.25. The lowest BCUT2D eigenvalue weighted by Crippen LogP contribution is -2.23. The molecule has 0 bridgehead atoms. The minimum atomic E-state index is -2.76. The molecule has 0 aliphatic carbocycles. The van der Waals surface area contributed by atoms with Gasteiger partial charge in [0.25, 0.3) is 6.43 Å². The number of anilines is 1. The molecule has 0 radical (unpaired) electrons. The average molecular weight is 294 g/mol. The Bertz CT molecular complexity index is 623. The van der Waals surface area contributed by atoms with Crippen molar-refractivity contribution < 1.29 is 13.6 Å². The Morgan fingerprint density at radius 2 is 2.05 bits per heavy atom. The lowest BCUT2D eigenvalue weighted by atomic mass is 10.2. The highest BCUT2D eigenvalue weighted by Gasteiger charge is 2.18. The number of hydrogen-bond acceptors (Lipinski definition) is 4. The number of hydrogen-bond donors (Lipinski definition) is 0. The molecule has 0 atom stereocenters. The summed E-state index contributed by atoms with van der Waals surface area (Å²) in [7, 11) is 0. The minimum Gasteiger partial charge on any atom is -0.357 e. The Hall–Kier alpha value is -2.31. The number of carbonyl (C=O) groups is 1. The van der Waals surface area contributed by atoms with Crippen molar-refractivity contribution in [2.75, 3.05) is 18.0 Å². The Kier molecular flexibility index (Phi) is 4.62. The number of rotatable bonds is 6. The standard InChI is InChI=1S/C14H16F2N4O/c1-3-19(4-2)12-8-10(17-14(18-12)13(15)16)11-6-5-7-20(11)9-21/h5-9,13H,3-4H2,1-2H3. The summed E-state index contributed by atoms with van der Waals surface area (Å²) < 4.78 is 27.3. The van der Waals surface area contributed by atoms with E-state index in [1.54, 1.807) is 24.4 Å². The molecule has 0 amide bonds. The number of carbonyl (C=O) groups excluding carboxylic acids is 1. The van der Waals surface area contributed by atoms with Crippen LogP contribution in [0.2, 0.25) is 0 Å². The second-order valence-electron chi connectivity index (χ2n) is 4.35. The van der Waals surface area contributed by atoms with E-state index in [2.05, 4.69) is 9.97 Å². The van der Waals surface area contributed by atoms with E-state index in [4.69, 9.17) is 0 Å². The van der Waals surface area contributed by atoms with Gasteiger partial charge >= 0.3 is 0 Å². The van der Waals surface area contributed by atoms with E-state index in [0.717, 1.165) is 0 Å². The molecule has 2 rings (SSSR count). The van der Waals surface area contributed by atoms with Crippen LogP contribution in [0.25, 0.3) is 11.4 Å². The second-order valence-corrected chi connectivity index (χ2v) is 4.35. The van der Waals surface area contributed by atoms with Crippen LogP contribution in [0, 0.1) is 0 Å². The third kappa shape index (κ3) is 3.07. The SMILES string of the molecule is CCN(CC)c1cc(-c2cccn2C=O)nc(C(F)F)n1. The summed E-state index contributed by atoms with van der Waals surface area (Å²) in [6.07, 6.45) is -0.612. The maximum Gasteiger partial charge on any atom is 0.297 e. The van der Waals surface area contributed by atoms with Gasteiger partial charge in [-0.25, -0.2) is 18.7 Å². The molecule has 0 spiro atoms. The first-order valence-electron chi connectivity index (χ1n) is 6.65. The fourth-order valence-corrected chi connectivity index (χ4v) is 2.09. The molecule has 7 heteroatoms. The van der Waals surface area contributed by atoms with Crippen molar-refractivity contribution in [2.45, 2.75) is 20.3 Å². The van der Waals surface area contributed by atoms with E-state index in [1.165, 1.54) is 4.57 Å². The van der Waals surface area contributed by atoms with Gasteiger partial charge in [0.2, 0.25) is 6.41 Å². The molecule has 0 fully saturated rings. The van der Waals surface area contributed by atoms with E-state index in [0.29, 0.717) is 36.7 Å². The smallest absolute Gasteiger partial charge is 0.297 e. The second kappa shape index (κ2) is 6.43. The van der Waals surface area contributed by atoms with Crippen molar-refractivity contribution >= 4 is 12.2 Å². The molecule has 0 aliphatic rings. The Labute approximate surface area is 121 Å². The molecular weight excluding hydrogens is 278 g/mol. The summed E-state index contributed by atoms with van der Waals surface area (Å²) >= 11 is 0. The van der Waals surface area contributed by atoms with Crippen LogP contribution in [0.1, 0.15) is 26.1 Å². The van der Waals surface area contributed by atoms with Crippen LogP contribution in [-0.2, 0) is 4.79 Å². The molecule has 0 aromatic carbocycles. The Morgan fingerprint density at radius 3 is 2.62 bits per heavy atom.